The summed E-state index contributed by atoms with van der Waals surface area (Å²) < 4.78 is 10.8. The van der Waals surface area contributed by atoms with Gasteiger partial charge in [0.25, 0.3) is 0 Å². The van der Waals surface area contributed by atoms with E-state index in [2.05, 4.69) is 53.8 Å². The molecule has 0 aliphatic rings. The molecular weight excluding hydrogens is 429 g/mol. The molecule has 31 heavy (non-hydrogen) atoms. The van der Waals surface area contributed by atoms with Gasteiger partial charge in [-0.15, -0.1) is 0 Å². The van der Waals surface area contributed by atoms with Crippen molar-refractivity contribution in [3.63, 3.8) is 0 Å². The number of unbranched alkanes of at least 4 members (excludes halogenated alkanes) is 5. The van der Waals surface area contributed by atoms with E-state index in [1.54, 1.807) is 0 Å². The highest BCUT2D eigenvalue weighted by Crippen LogP contribution is 2.34. The Hall–Kier alpha value is -1.16. The zero-order valence-corrected chi connectivity index (χ0v) is 20.0. The van der Waals surface area contributed by atoms with Crippen LogP contribution in [-0.4, -0.2) is 29.0 Å². The van der Waals surface area contributed by atoms with Gasteiger partial charge in [-0.3, -0.25) is 4.57 Å². The van der Waals surface area contributed by atoms with Crippen molar-refractivity contribution in [2.45, 2.75) is 63.7 Å². The average molecular weight is 466 g/mol. The van der Waals surface area contributed by atoms with Crippen LogP contribution in [0, 0.1) is 0 Å². The van der Waals surface area contributed by atoms with Crippen LogP contribution in [-0.2, 0) is 11.0 Å². The largest absolute Gasteiger partial charge is 0.325 e. The number of halogens is 1. The Morgan fingerprint density at radius 1 is 0.839 bits per heavy atom. The molecule has 0 unspecified atom stereocenters. The molecule has 0 aliphatic carbocycles. The minimum atomic E-state index is -3.84. The summed E-state index contributed by atoms with van der Waals surface area (Å²) in [6, 6.07) is 19.0. The first kappa shape index (κ1) is 26.1. The van der Waals surface area contributed by atoms with Gasteiger partial charge in [-0.1, -0.05) is 86.2 Å². The molecule has 0 amide bonds. The maximum absolute atomic E-state index is 10.8. The molecule has 0 fully saturated rings. The topological polar surface area (TPSA) is 69.6 Å². The average Bonchev–Trinajstić information content (AvgIpc) is 2.73. The Bertz CT molecular complexity index is 781. The van der Waals surface area contributed by atoms with Crippen molar-refractivity contribution in [1.29, 1.82) is 0 Å². The molecule has 0 aliphatic heterocycles. The molecule has 172 valence electrons. The molecule has 2 rings (SSSR count). The number of hydrogen-bond donors (Lipinski definition) is 3. The van der Waals surface area contributed by atoms with Gasteiger partial charge in [-0.2, -0.15) is 0 Å². The maximum Gasteiger partial charge on any atom is 0.325 e. The van der Waals surface area contributed by atoms with Crippen molar-refractivity contribution in [2.24, 2.45) is 0 Å². The molecular formula is C25H37ClNO3P. The van der Waals surface area contributed by atoms with Crippen molar-refractivity contribution in [2.75, 3.05) is 19.3 Å². The zero-order chi connectivity index (χ0) is 22.4. The second kappa shape index (κ2) is 14.8. The van der Waals surface area contributed by atoms with Crippen LogP contribution in [0.4, 0.5) is 0 Å². The molecule has 0 saturated heterocycles. The highest BCUT2D eigenvalue weighted by atomic mass is 35.5. The van der Waals surface area contributed by atoms with Gasteiger partial charge in [0.2, 0.25) is 0 Å². The van der Waals surface area contributed by atoms with E-state index in [0.717, 1.165) is 24.4 Å². The van der Waals surface area contributed by atoms with Crippen molar-refractivity contribution >= 4 is 19.2 Å². The molecule has 2 aromatic rings. The van der Waals surface area contributed by atoms with E-state index in [4.69, 9.17) is 21.4 Å². The van der Waals surface area contributed by atoms with E-state index in [0.29, 0.717) is 18.9 Å². The summed E-state index contributed by atoms with van der Waals surface area (Å²) >= 11 is 6.24. The predicted molar refractivity (Wildman–Crippen MR) is 131 cm³/mol. The summed E-state index contributed by atoms with van der Waals surface area (Å²) in [7, 11) is -3.84. The smallest absolute Gasteiger partial charge is 0.324 e. The third kappa shape index (κ3) is 12.5. The van der Waals surface area contributed by atoms with Gasteiger partial charge in [-0.25, -0.2) is 0 Å². The predicted octanol–water partition coefficient (Wildman–Crippen LogP) is 6.55. The highest BCUT2D eigenvalue weighted by Gasteiger charge is 2.13. The molecule has 0 spiro atoms. The summed E-state index contributed by atoms with van der Waals surface area (Å²) in [6.07, 6.45) is 10.0. The van der Waals surface area contributed by atoms with E-state index in [1.165, 1.54) is 49.7 Å². The standard InChI is InChI=1S/C25H37ClNO3P/c26-25-16-10-15-24(21-25)23(20-22-12-6-5-7-13-22)14-8-3-1-2-4-9-17-27-18-11-19-31(28,29)30/h5-7,10,12-13,15-16,21,23,27H,1-4,8-9,11,14,17-20H2,(H2,28,29,30)/t23-/m0/s1. The summed E-state index contributed by atoms with van der Waals surface area (Å²) in [4.78, 5) is 17.6. The number of rotatable bonds is 16. The first-order chi connectivity index (χ1) is 14.9. The quantitative estimate of drug-likeness (QED) is 0.194. The minimum absolute atomic E-state index is 0.0273. The third-order valence-corrected chi connectivity index (χ3v) is 6.74. The summed E-state index contributed by atoms with van der Waals surface area (Å²) in [5.41, 5.74) is 2.71. The van der Waals surface area contributed by atoms with Gasteiger partial charge in [0, 0.05) is 5.02 Å². The lowest BCUT2D eigenvalue weighted by Crippen LogP contribution is -2.17. The molecule has 0 heterocycles. The van der Waals surface area contributed by atoms with Gasteiger partial charge in [0.15, 0.2) is 0 Å². The maximum atomic E-state index is 10.8. The second-order valence-electron chi connectivity index (χ2n) is 8.34. The van der Waals surface area contributed by atoms with Gasteiger partial charge in [-0.05, 0) is 68.0 Å². The first-order valence-electron chi connectivity index (χ1n) is 11.5. The van der Waals surface area contributed by atoms with E-state index in [1.807, 2.05) is 6.07 Å². The van der Waals surface area contributed by atoms with Gasteiger partial charge in [0.1, 0.15) is 0 Å². The van der Waals surface area contributed by atoms with Crippen molar-refractivity contribution in [3.05, 3.63) is 70.7 Å². The van der Waals surface area contributed by atoms with Crippen LogP contribution in [0.1, 0.15) is 68.4 Å². The number of benzene rings is 2. The summed E-state index contributed by atoms with van der Waals surface area (Å²) in [5, 5.41) is 4.08. The van der Waals surface area contributed by atoms with E-state index in [9.17, 15) is 4.57 Å². The Kier molecular flexibility index (Phi) is 12.5. The molecule has 1 atom stereocenters. The van der Waals surface area contributed by atoms with Crippen LogP contribution in [0.25, 0.3) is 0 Å². The van der Waals surface area contributed by atoms with Crippen LogP contribution in [0.15, 0.2) is 54.6 Å². The Morgan fingerprint density at radius 2 is 1.52 bits per heavy atom. The molecule has 0 aromatic heterocycles. The van der Waals surface area contributed by atoms with Crippen LogP contribution in [0.2, 0.25) is 5.02 Å². The summed E-state index contributed by atoms with van der Waals surface area (Å²) in [6.45, 7) is 1.60. The van der Waals surface area contributed by atoms with E-state index >= 15 is 0 Å². The molecule has 0 bridgehead atoms. The highest BCUT2D eigenvalue weighted by molar-refractivity contribution is 7.51. The number of hydrogen-bond acceptors (Lipinski definition) is 2. The molecule has 3 N–H and O–H groups in total. The molecule has 4 nitrogen and oxygen atoms in total. The lowest BCUT2D eigenvalue weighted by molar-refractivity contribution is 0.371. The third-order valence-electron chi connectivity index (χ3n) is 5.60. The van der Waals surface area contributed by atoms with Crippen molar-refractivity contribution < 1.29 is 14.4 Å². The van der Waals surface area contributed by atoms with Gasteiger partial charge in [0.05, 0.1) is 6.16 Å². The number of nitrogens with one attached hydrogen (secondary N) is 1. The van der Waals surface area contributed by atoms with Gasteiger partial charge < -0.3 is 15.1 Å². The van der Waals surface area contributed by atoms with E-state index < -0.39 is 7.60 Å². The van der Waals surface area contributed by atoms with Crippen LogP contribution in [0.3, 0.4) is 0 Å². The van der Waals surface area contributed by atoms with E-state index in [-0.39, 0.29) is 6.16 Å². The lowest BCUT2D eigenvalue weighted by atomic mass is 9.87. The van der Waals surface area contributed by atoms with Crippen LogP contribution >= 0.6 is 19.2 Å². The SMILES string of the molecule is O=P(O)(O)CCCNCCCCCCCC[C@@H](Cc1ccccc1)c1cccc(Cl)c1. The van der Waals surface area contributed by atoms with Crippen LogP contribution < -0.4 is 5.32 Å². The molecule has 0 saturated carbocycles. The molecule has 2 aromatic carbocycles. The Balaban J connectivity index is 1.60. The first-order valence-corrected chi connectivity index (χ1v) is 13.7. The Morgan fingerprint density at radius 3 is 2.23 bits per heavy atom. The zero-order valence-electron chi connectivity index (χ0n) is 18.4. The van der Waals surface area contributed by atoms with Crippen LogP contribution in [0.5, 0.6) is 0 Å². The fourth-order valence-electron chi connectivity index (χ4n) is 3.93. The fraction of sp³-hybridized carbons (Fsp3) is 0.520. The molecule has 0 radical (unpaired) electrons. The Labute approximate surface area is 192 Å². The monoisotopic (exact) mass is 465 g/mol. The van der Waals surface area contributed by atoms with Gasteiger partial charge >= 0.3 is 7.60 Å². The van der Waals surface area contributed by atoms with Crippen molar-refractivity contribution in [1.82, 2.24) is 5.32 Å². The molecule has 6 heteroatoms. The summed E-state index contributed by atoms with van der Waals surface area (Å²) in [5.74, 6) is 0.499. The van der Waals surface area contributed by atoms with Crippen molar-refractivity contribution in [3.8, 4) is 0 Å². The lowest BCUT2D eigenvalue weighted by Gasteiger charge is -2.18. The second-order valence-corrected chi connectivity index (χ2v) is 10.6. The fourth-order valence-corrected chi connectivity index (χ4v) is 4.70. The minimum Gasteiger partial charge on any atom is -0.324 e. The normalized spacial score (nSPS) is 12.7.